The molecule has 1 amide bonds. The standard InChI is InChI=1S/C5H8INO.C2H6/c1-4-2-5(8)7(6)3-4;1-2/h4H,2-3H2,1H3;1-2H3. The lowest BCUT2D eigenvalue weighted by Gasteiger charge is -2.01. The van der Waals surface area contributed by atoms with Crippen molar-refractivity contribution in [2.45, 2.75) is 27.2 Å². The predicted molar refractivity (Wildman–Crippen MR) is 50.9 cm³/mol. The highest BCUT2D eigenvalue weighted by Crippen LogP contribution is 2.19. The summed E-state index contributed by atoms with van der Waals surface area (Å²) < 4.78 is 1.75. The fourth-order valence-corrected chi connectivity index (χ4v) is 1.71. The number of nitrogens with zero attached hydrogens (tertiary/aromatic N) is 1. The number of hydrogen-bond donors (Lipinski definition) is 0. The molecule has 0 spiro atoms. The average molecular weight is 255 g/mol. The summed E-state index contributed by atoms with van der Waals surface area (Å²) in [7, 11) is 0. The molecule has 60 valence electrons. The van der Waals surface area contributed by atoms with Crippen molar-refractivity contribution in [2.75, 3.05) is 6.54 Å². The van der Waals surface area contributed by atoms with Gasteiger partial charge >= 0.3 is 0 Å². The molecule has 10 heavy (non-hydrogen) atoms. The van der Waals surface area contributed by atoms with Crippen molar-refractivity contribution in [2.24, 2.45) is 5.92 Å². The first-order valence-electron chi connectivity index (χ1n) is 3.66. The molecule has 2 nitrogen and oxygen atoms in total. The van der Waals surface area contributed by atoms with Crippen molar-refractivity contribution in [3.8, 4) is 0 Å². The Morgan fingerprint density at radius 3 is 2.20 bits per heavy atom. The fraction of sp³-hybridized carbons (Fsp3) is 0.857. The van der Waals surface area contributed by atoms with Gasteiger partial charge in [0.2, 0.25) is 5.91 Å². The van der Waals surface area contributed by atoms with E-state index in [1.54, 1.807) is 3.11 Å². The van der Waals surface area contributed by atoms with Crippen LogP contribution in [0.5, 0.6) is 0 Å². The third kappa shape index (κ3) is 2.86. The van der Waals surface area contributed by atoms with Gasteiger partial charge < -0.3 is 0 Å². The number of amides is 1. The minimum absolute atomic E-state index is 0.276. The van der Waals surface area contributed by atoms with Crippen LogP contribution in [-0.2, 0) is 4.79 Å². The molecule has 0 saturated carbocycles. The van der Waals surface area contributed by atoms with Crippen molar-refractivity contribution in [3.63, 3.8) is 0 Å². The maximum Gasteiger partial charge on any atom is 0.231 e. The second kappa shape index (κ2) is 4.93. The van der Waals surface area contributed by atoms with E-state index in [0.29, 0.717) is 5.92 Å². The van der Waals surface area contributed by atoms with Crippen LogP contribution in [0.2, 0.25) is 0 Å². The molecule has 1 unspecified atom stereocenters. The molecule has 1 rings (SSSR count). The van der Waals surface area contributed by atoms with Crippen LogP contribution in [0, 0.1) is 5.92 Å². The van der Waals surface area contributed by atoms with Gasteiger partial charge in [-0.05, 0) is 5.92 Å². The number of rotatable bonds is 0. The summed E-state index contributed by atoms with van der Waals surface area (Å²) >= 11 is 2.06. The molecule has 1 fully saturated rings. The van der Waals surface area contributed by atoms with Gasteiger partial charge in [0.15, 0.2) is 0 Å². The molecule has 1 aliphatic rings. The van der Waals surface area contributed by atoms with Gasteiger partial charge in [-0.1, -0.05) is 20.8 Å². The van der Waals surface area contributed by atoms with Crippen LogP contribution in [0.15, 0.2) is 0 Å². The van der Waals surface area contributed by atoms with E-state index in [2.05, 4.69) is 29.8 Å². The Morgan fingerprint density at radius 1 is 1.60 bits per heavy atom. The Labute approximate surface area is 76.5 Å². The van der Waals surface area contributed by atoms with E-state index >= 15 is 0 Å². The van der Waals surface area contributed by atoms with Crippen molar-refractivity contribution in [1.29, 1.82) is 0 Å². The predicted octanol–water partition coefficient (Wildman–Crippen LogP) is 2.23. The molecule has 0 aromatic rings. The number of carbonyl (C=O) groups is 1. The Balaban J connectivity index is 0.000000371. The zero-order chi connectivity index (χ0) is 8.15. The average Bonchev–Trinajstić information content (AvgIpc) is 2.16. The minimum Gasteiger partial charge on any atom is -0.285 e. The van der Waals surface area contributed by atoms with Crippen LogP contribution in [0.3, 0.4) is 0 Å². The first kappa shape index (κ1) is 10.2. The second-order valence-corrected chi connectivity index (χ2v) is 3.41. The third-order valence-corrected chi connectivity index (χ3v) is 2.20. The molecular weight excluding hydrogens is 241 g/mol. The zero-order valence-electron chi connectivity index (χ0n) is 6.72. The van der Waals surface area contributed by atoms with Gasteiger partial charge in [0.05, 0.1) is 22.9 Å². The molecule has 0 aromatic heterocycles. The van der Waals surface area contributed by atoms with E-state index in [1.165, 1.54) is 0 Å². The van der Waals surface area contributed by atoms with Crippen LogP contribution in [0.4, 0.5) is 0 Å². The monoisotopic (exact) mass is 255 g/mol. The Hall–Kier alpha value is 0.200. The first-order chi connectivity index (χ1) is 4.70. The number of carbonyl (C=O) groups excluding carboxylic acids is 1. The van der Waals surface area contributed by atoms with E-state index in [0.717, 1.165) is 13.0 Å². The summed E-state index contributed by atoms with van der Waals surface area (Å²) in [6, 6.07) is 0. The summed E-state index contributed by atoms with van der Waals surface area (Å²) in [4.78, 5) is 10.7. The second-order valence-electron chi connectivity index (χ2n) is 2.25. The Kier molecular flexibility index (Phi) is 5.03. The van der Waals surface area contributed by atoms with E-state index in [1.807, 2.05) is 13.8 Å². The van der Waals surface area contributed by atoms with Gasteiger partial charge in [-0.15, -0.1) is 0 Å². The van der Waals surface area contributed by atoms with Gasteiger partial charge in [-0.3, -0.25) is 7.91 Å². The van der Waals surface area contributed by atoms with E-state index in [4.69, 9.17) is 0 Å². The van der Waals surface area contributed by atoms with Gasteiger partial charge in [0.25, 0.3) is 0 Å². The molecule has 0 aromatic carbocycles. The van der Waals surface area contributed by atoms with Gasteiger partial charge in [0, 0.05) is 13.0 Å². The molecule has 1 atom stereocenters. The van der Waals surface area contributed by atoms with Crippen molar-refractivity contribution in [1.82, 2.24) is 3.11 Å². The normalized spacial score (nSPS) is 24.2. The van der Waals surface area contributed by atoms with Crippen LogP contribution in [-0.4, -0.2) is 15.6 Å². The highest BCUT2D eigenvalue weighted by molar-refractivity contribution is 14.1. The molecule has 0 N–H and O–H groups in total. The third-order valence-electron chi connectivity index (χ3n) is 1.27. The molecule has 3 heteroatoms. The van der Waals surface area contributed by atoms with Crippen molar-refractivity contribution < 1.29 is 4.79 Å². The summed E-state index contributed by atoms with van der Waals surface area (Å²) in [5.74, 6) is 0.845. The van der Waals surface area contributed by atoms with E-state index < -0.39 is 0 Å². The minimum atomic E-state index is 0.276. The van der Waals surface area contributed by atoms with Crippen LogP contribution < -0.4 is 0 Å². The SMILES string of the molecule is CC.CC1CC(=O)N(I)C1. The Bertz CT molecular complexity index is 116. The molecule has 1 aliphatic heterocycles. The summed E-state index contributed by atoms with van der Waals surface area (Å²) in [5.41, 5.74) is 0. The number of hydrogen-bond acceptors (Lipinski definition) is 1. The lowest BCUT2D eigenvalue weighted by atomic mass is 10.2. The molecule has 0 bridgehead atoms. The molecular formula is C7H14INO. The highest BCUT2D eigenvalue weighted by atomic mass is 127. The maximum atomic E-state index is 10.7. The lowest BCUT2D eigenvalue weighted by molar-refractivity contribution is -0.122. The quantitative estimate of drug-likeness (QED) is 0.480. The lowest BCUT2D eigenvalue weighted by Crippen LogP contribution is -2.10. The fourth-order valence-electron chi connectivity index (χ4n) is 0.837. The van der Waals surface area contributed by atoms with Crippen molar-refractivity contribution >= 4 is 28.8 Å². The van der Waals surface area contributed by atoms with Crippen LogP contribution in [0.25, 0.3) is 0 Å². The van der Waals surface area contributed by atoms with E-state index in [9.17, 15) is 4.79 Å². The molecule has 0 aliphatic carbocycles. The van der Waals surface area contributed by atoms with Crippen LogP contribution in [0.1, 0.15) is 27.2 Å². The van der Waals surface area contributed by atoms with Crippen LogP contribution >= 0.6 is 22.9 Å². The summed E-state index contributed by atoms with van der Waals surface area (Å²) in [6.45, 7) is 7.02. The van der Waals surface area contributed by atoms with E-state index in [-0.39, 0.29) is 5.91 Å². The van der Waals surface area contributed by atoms with Crippen molar-refractivity contribution in [3.05, 3.63) is 0 Å². The summed E-state index contributed by atoms with van der Waals surface area (Å²) in [6.07, 6.45) is 0.739. The largest absolute Gasteiger partial charge is 0.285 e. The Morgan fingerprint density at radius 2 is 2.10 bits per heavy atom. The van der Waals surface area contributed by atoms with Gasteiger partial charge in [-0.25, -0.2) is 0 Å². The van der Waals surface area contributed by atoms with Gasteiger partial charge in [0.1, 0.15) is 0 Å². The zero-order valence-corrected chi connectivity index (χ0v) is 8.88. The topological polar surface area (TPSA) is 20.3 Å². The summed E-state index contributed by atoms with van der Waals surface area (Å²) in [5, 5.41) is 0. The van der Waals surface area contributed by atoms with Gasteiger partial charge in [-0.2, -0.15) is 0 Å². The maximum absolute atomic E-state index is 10.7. The molecule has 1 heterocycles. The molecule has 0 radical (unpaired) electrons. The number of halogens is 1. The highest BCUT2D eigenvalue weighted by Gasteiger charge is 2.23. The molecule has 1 saturated heterocycles. The first-order valence-corrected chi connectivity index (χ1v) is 4.63. The smallest absolute Gasteiger partial charge is 0.231 e.